The molecule has 168 valence electrons. The summed E-state index contributed by atoms with van der Waals surface area (Å²) >= 11 is 0. The van der Waals surface area contributed by atoms with Gasteiger partial charge in [0.25, 0.3) is 5.91 Å². The zero-order chi connectivity index (χ0) is 22.4. The van der Waals surface area contributed by atoms with Gasteiger partial charge in [-0.3, -0.25) is 14.5 Å². The minimum atomic E-state index is -0.947. The summed E-state index contributed by atoms with van der Waals surface area (Å²) in [5.74, 6) is -1.14. The molecule has 1 saturated heterocycles. The molecule has 8 heteroatoms. The van der Waals surface area contributed by atoms with Crippen LogP contribution in [0.5, 0.6) is 0 Å². The summed E-state index contributed by atoms with van der Waals surface area (Å²) in [4.78, 5) is 50.8. The molecule has 1 atom stereocenters. The number of carbonyl (C=O) groups is 4. The third kappa shape index (κ3) is 5.24. The molecule has 2 N–H and O–H groups in total. The van der Waals surface area contributed by atoms with Crippen molar-refractivity contribution in [3.05, 3.63) is 29.8 Å². The van der Waals surface area contributed by atoms with Crippen LogP contribution in [0.2, 0.25) is 0 Å². The van der Waals surface area contributed by atoms with Gasteiger partial charge in [-0.1, -0.05) is 32.6 Å². The largest absolute Gasteiger partial charge is 0.462 e. The lowest BCUT2D eigenvalue weighted by Gasteiger charge is -2.34. The van der Waals surface area contributed by atoms with Gasteiger partial charge in [0.2, 0.25) is 5.91 Å². The quantitative estimate of drug-likeness (QED) is 0.374. The summed E-state index contributed by atoms with van der Waals surface area (Å²) < 4.78 is 5.16. The van der Waals surface area contributed by atoms with E-state index in [-0.39, 0.29) is 18.4 Å². The number of nitrogens with zero attached hydrogens (tertiary/aromatic N) is 1. The van der Waals surface area contributed by atoms with E-state index in [1.54, 1.807) is 31.2 Å². The third-order valence-corrected chi connectivity index (χ3v) is 6.16. The van der Waals surface area contributed by atoms with Gasteiger partial charge >= 0.3 is 12.0 Å². The topological polar surface area (TPSA) is 105 Å². The van der Waals surface area contributed by atoms with E-state index in [4.69, 9.17) is 4.74 Å². The number of imide groups is 1. The van der Waals surface area contributed by atoms with Crippen molar-refractivity contribution in [2.24, 2.45) is 5.92 Å². The Balaban J connectivity index is 1.56. The molecule has 2 fully saturated rings. The van der Waals surface area contributed by atoms with Crippen LogP contribution >= 0.6 is 0 Å². The number of nitrogens with one attached hydrogen (secondary N) is 2. The van der Waals surface area contributed by atoms with Gasteiger partial charge in [-0.05, 0) is 56.4 Å². The second kappa shape index (κ2) is 9.94. The number of carbonyl (C=O) groups excluding carboxylic acids is 4. The van der Waals surface area contributed by atoms with Gasteiger partial charge in [-0.2, -0.15) is 0 Å². The monoisotopic (exact) mass is 429 g/mol. The number of esters is 1. The lowest BCUT2D eigenvalue weighted by atomic mass is 9.75. The van der Waals surface area contributed by atoms with Crippen molar-refractivity contribution in [1.29, 1.82) is 0 Å². The molecule has 1 aromatic rings. The first-order valence-corrected chi connectivity index (χ1v) is 11.1. The summed E-state index contributed by atoms with van der Waals surface area (Å²) in [6, 6.07) is 5.78. The molecule has 31 heavy (non-hydrogen) atoms. The highest BCUT2D eigenvalue weighted by Gasteiger charge is 2.52. The van der Waals surface area contributed by atoms with E-state index in [1.807, 2.05) is 6.92 Å². The molecular weight excluding hydrogens is 398 g/mol. The van der Waals surface area contributed by atoms with Gasteiger partial charge in [-0.25, -0.2) is 9.59 Å². The number of amides is 4. The van der Waals surface area contributed by atoms with E-state index < -0.39 is 23.4 Å². The summed E-state index contributed by atoms with van der Waals surface area (Å²) in [6.45, 7) is 3.80. The molecule has 2 aliphatic rings. The first-order chi connectivity index (χ1) is 14.8. The fourth-order valence-electron chi connectivity index (χ4n) is 4.24. The molecular formula is C23H31N3O5. The SMILES string of the molecule is CCCCOC(=O)c1ccc(NC(=O)CN2C(=O)N[C@](C)(C3CCCCC3)C2=O)cc1. The van der Waals surface area contributed by atoms with Gasteiger partial charge in [0.15, 0.2) is 0 Å². The Hall–Kier alpha value is -2.90. The van der Waals surface area contributed by atoms with Crippen molar-refractivity contribution >= 4 is 29.5 Å². The normalized spacial score (nSPS) is 21.7. The lowest BCUT2D eigenvalue weighted by Crippen LogP contribution is -2.51. The van der Waals surface area contributed by atoms with E-state index >= 15 is 0 Å². The first-order valence-electron chi connectivity index (χ1n) is 11.1. The highest BCUT2D eigenvalue weighted by atomic mass is 16.5. The van der Waals surface area contributed by atoms with Crippen LogP contribution in [-0.4, -0.2) is 47.4 Å². The zero-order valence-electron chi connectivity index (χ0n) is 18.2. The van der Waals surface area contributed by atoms with Crippen molar-refractivity contribution in [2.75, 3.05) is 18.5 Å². The number of unbranched alkanes of at least 4 members (excludes halogenated alkanes) is 1. The molecule has 0 unspecified atom stereocenters. The van der Waals surface area contributed by atoms with E-state index in [0.717, 1.165) is 49.8 Å². The van der Waals surface area contributed by atoms with Crippen molar-refractivity contribution < 1.29 is 23.9 Å². The van der Waals surface area contributed by atoms with E-state index in [9.17, 15) is 19.2 Å². The van der Waals surface area contributed by atoms with Crippen LogP contribution in [0.25, 0.3) is 0 Å². The highest BCUT2D eigenvalue weighted by molar-refractivity contribution is 6.10. The molecule has 3 rings (SSSR count). The van der Waals surface area contributed by atoms with E-state index in [1.165, 1.54) is 0 Å². The average Bonchev–Trinajstić information content (AvgIpc) is 2.99. The fourth-order valence-corrected chi connectivity index (χ4v) is 4.24. The van der Waals surface area contributed by atoms with Crippen LogP contribution in [0.1, 0.15) is 69.2 Å². The number of anilines is 1. The number of urea groups is 1. The summed E-state index contributed by atoms with van der Waals surface area (Å²) in [5.41, 5.74) is -0.0824. The summed E-state index contributed by atoms with van der Waals surface area (Å²) in [7, 11) is 0. The Kier molecular flexibility index (Phi) is 7.30. The van der Waals surface area contributed by atoms with E-state index in [2.05, 4.69) is 10.6 Å². The van der Waals surface area contributed by atoms with Crippen LogP contribution in [0.3, 0.4) is 0 Å². The van der Waals surface area contributed by atoms with Gasteiger partial charge in [-0.15, -0.1) is 0 Å². The molecule has 1 saturated carbocycles. The molecule has 1 aliphatic carbocycles. The number of benzene rings is 1. The standard InChI is InChI=1S/C23H31N3O5/c1-3-4-14-31-20(28)16-10-12-18(13-11-16)24-19(27)15-26-21(29)23(2,25-22(26)30)17-8-6-5-7-9-17/h10-13,17H,3-9,14-15H2,1-2H3,(H,24,27)(H,25,30)/t23-/m1/s1. The van der Waals surface area contributed by atoms with Crippen molar-refractivity contribution in [1.82, 2.24) is 10.2 Å². The van der Waals surface area contributed by atoms with Crippen LogP contribution in [0.4, 0.5) is 10.5 Å². The van der Waals surface area contributed by atoms with Crippen molar-refractivity contribution in [3.8, 4) is 0 Å². The molecule has 4 amide bonds. The second-order valence-corrected chi connectivity index (χ2v) is 8.47. The Morgan fingerprint density at radius 1 is 1.16 bits per heavy atom. The molecule has 8 nitrogen and oxygen atoms in total. The van der Waals surface area contributed by atoms with E-state index in [0.29, 0.717) is 17.9 Å². The van der Waals surface area contributed by atoms with Crippen LogP contribution in [-0.2, 0) is 14.3 Å². The molecule has 1 heterocycles. The smallest absolute Gasteiger partial charge is 0.338 e. The third-order valence-electron chi connectivity index (χ3n) is 6.16. The number of hydrogen-bond acceptors (Lipinski definition) is 5. The Labute approximate surface area is 182 Å². The van der Waals surface area contributed by atoms with Crippen LogP contribution in [0, 0.1) is 5.92 Å². The Bertz CT molecular complexity index is 832. The zero-order valence-corrected chi connectivity index (χ0v) is 18.2. The molecule has 0 bridgehead atoms. The molecule has 0 radical (unpaired) electrons. The van der Waals surface area contributed by atoms with Crippen molar-refractivity contribution in [2.45, 2.75) is 64.3 Å². The van der Waals surface area contributed by atoms with Gasteiger partial charge in [0.05, 0.1) is 12.2 Å². The van der Waals surface area contributed by atoms with Gasteiger partial charge in [0.1, 0.15) is 12.1 Å². The Morgan fingerprint density at radius 2 is 1.84 bits per heavy atom. The minimum Gasteiger partial charge on any atom is -0.462 e. The predicted octanol–water partition coefficient (Wildman–Crippen LogP) is 3.47. The van der Waals surface area contributed by atoms with Crippen LogP contribution < -0.4 is 10.6 Å². The molecule has 0 aromatic heterocycles. The highest BCUT2D eigenvalue weighted by Crippen LogP contribution is 2.36. The molecule has 1 aliphatic heterocycles. The lowest BCUT2D eigenvalue weighted by molar-refractivity contribution is -0.135. The number of ether oxygens (including phenoxy) is 1. The maximum Gasteiger partial charge on any atom is 0.338 e. The summed E-state index contributed by atoms with van der Waals surface area (Å²) in [6.07, 6.45) is 6.79. The fraction of sp³-hybridized carbons (Fsp3) is 0.565. The van der Waals surface area contributed by atoms with Crippen LogP contribution in [0.15, 0.2) is 24.3 Å². The summed E-state index contributed by atoms with van der Waals surface area (Å²) in [5, 5.41) is 5.49. The van der Waals surface area contributed by atoms with Crippen molar-refractivity contribution in [3.63, 3.8) is 0 Å². The average molecular weight is 430 g/mol. The maximum absolute atomic E-state index is 13.0. The number of rotatable bonds is 8. The Morgan fingerprint density at radius 3 is 2.48 bits per heavy atom. The molecule has 0 spiro atoms. The van der Waals surface area contributed by atoms with Gasteiger partial charge in [0, 0.05) is 5.69 Å². The maximum atomic E-state index is 13.0. The number of hydrogen-bond donors (Lipinski definition) is 2. The second-order valence-electron chi connectivity index (χ2n) is 8.47. The predicted molar refractivity (Wildman–Crippen MR) is 115 cm³/mol. The first kappa shape index (κ1) is 22.8. The van der Waals surface area contributed by atoms with Gasteiger partial charge < -0.3 is 15.4 Å². The minimum absolute atomic E-state index is 0.0930. The molecule has 1 aromatic carbocycles.